The van der Waals surface area contributed by atoms with Crippen molar-refractivity contribution in [3.8, 4) is 0 Å². The third-order valence-corrected chi connectivity index (χ3v) is 4.83. The summed E-state index contributed by atoms with van der Waals surface area (Å²) in [7, 11) is 0. The summed E-state index contributed by atoms with van der Waals surface area (Å²) in [4.78, 5) is 12.1. The fourth-order valence-electron chi connectivity index (χ4n) is 2.55. The smallest absolute Gasteiger partial charge is 0.443 e. The quantitative estimate of drug-likeness (QED) is 0.519. The van der Waals surface area contributed by atoms with Crippen molar-refractivity contribution in [1.82, 2.24) is 0 Å². The van der Waals surface area contributed by atoms with Gasteiger partial charge in [0.2, 0.25) is 5.60 Å². The van der Waals surface area contributed by atoms with E-state index in [0.29, 0.717) is 0 Å². The molecule has 13 heteroatoms. The molecule has 1 heterocycles. The first-order valence-corrected chi connectivity index (χ1v) is 7.92. The predicted molar refractivity (Wildman–Crippen MR) is 74.7 cm³/mol. The Morgan fingerprint density at radius 2 is 1.43 bits per heavy atom. The number of carbonyl (C=O) groups is 1. The van der Waals surface area contributed by atoms with Gasteiger partial charge in [0.05, 0.1) is 11.8 Å². The third kappa shape index (κ3) is 4.19. The van der Waals surface area contributed by atoms with Gasteiger partial charge in [0.15, 0.2) is 5.60 Å². The molecule has 0 aromatic carbocycles. The van der Waals surface area contributed by atoms with Crippen LogP contribution in [-0.4, -0.2) is 46.6 Å². The summed E-state index contributed by atoms with van der Waals surface area (Å²) >= 11 is 0. The zero-order valence-electron chi connectivity index (χ0n) is 15.2. The second kappa shape index (κ2) is 6.64. The van der Waals surface area contributed by atoms with Crippen LogP contribution in [0.15, 0.2) is 0 Å². The molecule has 1 fully saturated rings. The van der Waals surface area contributed by atoms with Gasteiger partial charge in [-0.15, -0.1) is 0 Å². The normalized spacial score (nSPS) is 32.9. The van der Waals surface area contributed by atoms with E-state index in [2.05, 4.69) is 9.47 Å². The molecule has 3 unspecified atom stereocenters. The maximum Gasteiger partial charge on any atom is 0.443 e. The Morgan fingerprint density at radius 3 is 1.75 bits per heavy atom. The zero-order chi connectivity index (χ0) is 22.6. The van der Waals surface area contributed by atoms with Crippen LogP contribution in [0.3, 0.4) is 0 Å². The first-order valence-electron chi connectivity index (χ1n) is 7.92. The van der Waals surface area contributed by atoms with Crippen molar-refractivity contribution in [2.24, 2.45) is 5.41 Å². The molecule has 1 aliphatic heterocycles. The van der Waals surface area contributed by atoms with Gasteiger partial charge in [-0.2, -0.15) is 39.5 Å². The Kier molecular flexibility index (Phi) is 5.88. The zero-order valence-corrected chi connectivity index (χ0v) is 15.2. The Balaban J connectivity index is 3.67. The molecule has 3 atom stereocenters. The van der Waals surface area contributed by atoms with Crippen molar-refractivity contribution in [2.45, 2.75) is 82.5 Å². The van der Waals surface area contributed by atoms with Crippen LogP contribution >= 0.6 is 0 Å². The van der Waals surface area contributed by atoms with Gasteiger partial charge in [0.1, 0.15) is 0 Å². The highest BCUT2D eigenvalue weighted by Crippen LogP contribution is 2.58. The van der Waals surface area contributed by atoms with Gasteiger partial charge in [-0.25, -0.2) is 0 Å². The SMILES string of the molecule is CCC(C)(C)C(=O)OC1(C(F)(F)F)CC(C)(C(F)(F)F)OC(O)(C(F)(F)F)C1. The van der Waals surface area contributed by atoms with Crippen molar-refractivity contribution in [2.75, 3.05) is 0 Å². The summed E-state index contributed by atoms with van der Waals surface area (Å²) in [5, 5.41) is 9.64. The minimum atomic E-state index is -6.04. The minimum Gasteiger partial charge on any atom is -0.449 e. The van der Waals surface area contributed by atoms with Crippen LogP contribution in [0.25, 0.3) is 0 Å². The molecular formula is C15H19F9O4. The molecule has 1 rings (SSSR count). The Bertz CT molecular complexity index is 580. The van der Waals surface area contributed by atoms with E-state index in [9.17, 15) is 49.4 Å². The van der Waals surface area contributed by atoms with E-state index in [1.54, 1.807) is 0 Å². The van der Waals surface area contributed by atoms with Crippen LogP contribution in [0.1, 0.15) is 47.0 Å². The number of aliphatic hydroxyl groups is 1. The van der Waals surface area contributed by atoms with E-state index < -0.39 is 59.7 Å². The fraction of sp³-hybridized carbons (Fsp3) is 0.933. The monoisotopic (exact) mass is 434 g/mol. The molecule has 0 bridgehead atoms. The number of hydrogen-bond donors (Lipinski definition) is 1. The predicted octanol–water partition coefficient (Wildman–Crippen LogP) is 4.65. The molecular weight excluding hydrogens is 415 g/mol. The Labute approximate surface area is 154 Å². The summed E-state index contributed by atoms with van der Waals surface area (Å²) in [6, 6.07) is 0. The van der Waals surface area contributed by atoms with E-state index in [-0.39, 0.29) is 13.3 Å². The maximum atomic E-state index is 13.7. The van der Waals surface area contributed by atoms with Gasteiger partial charge in [-0.3, -0.25) is 4.79 Å². The third-order valence-electron chi connectivity index (χ3n) is 4.83. The molecule has 4 nitrogen and oxygen atoms in total. The van der Waals surface area contributed by atoms with Crippen molar-refractivity contribution in [3.05, 3.63) is 0 Å². The average Bonchev–Trinajstić information content (AvgIpc) is 2.42. The highest BCUT2D eigenvalue weighted by Gasteiger charge is 2.77. The topological polar surface area (TPSA) is 55.8 Å². The largest absolute Gasteiger partial charge is 0.449 e. The molecule has 28 heavy (non-hydrogen) atoms. The van der Waals surface area contributed by atoms with Gasteiger partial charge in [0.25, 0.3) is 5.79 Å². The number of carbonyl (C=O) groups excluding carboxylic acids is 1. The summed E-state index contributed by atoms with van der Waals surface area (Å²) in [6.07, 6.45) is -22.5. The number of ether oxygens (including phenoxy) is 2. The molecule has 0 saturated carbocycles. The van der Waals surface area contributed by atoms with Crippen LogP contribution in [0.4, 0.5) is 39.5 Å². The summed E-state index contributed by atoms with van der Waals surface area (Å²) in [6.45, 7) is 3.49. The lowest BCUT2D eigenvalue weighted by Crippen LogP contribution is -2.71. The molecule has 166 valence electrons. The fourth-order valence-corrected chi connectivity index (χ4v) is 2.55. The maximum absolute atomic E-state index is 13.7. The van der Waals surface area contributed by atoms with Crippen molar-refractivity contribution in [3.63, 3.8) is 0 Å². The van der Waals surface area contributed by atoms with Gasteiger partial charge >= 0.3 is 24.5 Å². The van der Waals surface area contributed by atoms with Gasteiger partial charge < -0.3 is 14.6 Å². The average molecular weight is 434 g/mol. The highest BCUT2D eigenvalue weighted by molar-refractivity contribution is 5.76. The molecule has 0 aromatic rings. The van der Waals surface area contributed by atoms with Gasteiger partial charge in [0, 0.05) is 6.42 Å². The second-order valence-corrected chi connectivity index (χ2v) is 7.59. The summed E-state index contributed by atoms with van der Waals surface area (Å²) in [5.74, 6) is -6.52. The number of rotatable bonds is 3. The lowest BCUT2D eigenvalue weighted by atomic mass is 9.77. The Morgan fingerprint density at radius 1 is 0.964 bits per heavy atom. The van der Waals surface area contributed by atoms with E-state index in [4.69, 9.17) is 0 Å². The van der Waals surface area contributed by atoms with Crippen LogP contribution in [0.5, 0.6) is 0 Å². The molecule has 0 amide bonds. The van der Waals surface area contributed by atoms with E-state index in [1.807, 2.05) is 0 Å². The van der Waals surface area contributed by atoms with E-state index in [0.717, 1.165) is 13.8 Å². The number of alkyl halides is 9. The minimum absolute atomic E-state index is 0.0812. The molecule has 0 aliphatic carbocycles. The molecule has 0 radical (unpaired) electrons. The first-order chi connectivity index (χ1) is 12.1. The van der Waals surface area contributed by atoms with Crippen LogP contribution < -0.4 is 0 Å². The van der Waals surface area contributed by atoms with Crippen LogP contribution in [-0.2, 0) is 14.3 Å². The molecule has 0 aromatic heterocycles. The molecule has 0 spiro atoms. The number of halogens is 9. The number of hydrogen-bond acceptors (Lipinski definition) is 4. The lowest BCUT2D eigenvalue weighted by molar-refractivity contribution is -0.470. The molecule has 1 aliphatic rings. The van der Waals surface area contributed by atoms with Crippen molar-refractivity contribution < 1.29 is 58.9 Å². The van der Waals surface area contributed by atoms with Gasteiger partial charge in [-0.1, -0.05) is 6.92 Å². The molecule has 1 N–H and O–H groups in total. The summed E-state index contributed by atoms with van der Waals surface area (Å²) < 4.78 is 129. The van der Waals surface area contributed by atoms with Crippen LogP contribution in [0.2, 0.25) is 0 Å². The second-order valence-electron chi connectivity index (χ2n) is 7.59. The standard InChI is InChI=1S/C15H19F9O4/c1-5-9(2,3)8(25)27-11(14(19,20)21)6-10(4,13(16,17)18)28-12(26,7-11)15(22,23)24/h26H,5-7H2,1-4H3. The lowest BCUT2D eigenvalue weighted by Gasteiger charge is -2.52. The first kappa shape index (κ1) is 24.8. The van der Waals surface area contributed by atoms with E-state index in [1.165, 1.54) is 6.92 Å². The Hall–Kier alpha value is -1.24. The van der Waals surface area contributed by atoms with Crippen LogP contribution in [0, 0.1) is 5.41 Å². The highest BCUT2D eigenvalue weighted by atomic mass is 19.4. The molecule has 1 saturated heterocycles. The van der Waals surface area contributed by atoms with E-state index >= 15 is 0 Å². The van der Waals surface area contributed by atoms with Crippen molar-refractivity contribution in [1.29, 1.82) is 0 Å². The van der Waals surface area contributed by atoms with Gasteiger partial charge in [-0.05, 0) is 27.2 Å². The number of esters is 1. The summed E-state index contributed by atoms with van der Waals surface area (Å²) in [5.41, 5.74) is -10.0. The van der Waals surface area contributed by atoms with Crippen molar-refractivity contribution >= 4 is 5.97 Å².